The predicted molar refractivity (Wildman–Crippen MR) is 116 cm³/mol. The molecule has 0 radical (unpaired) electrons. The molecule has 1 aromatic heterocycles. The molecule has 0 saturated carbocycles. The summed E-state index contributed by atoms with van der Waals surface area (Å²) in [6.45, 7) is 7.49. The Labute approximate surface area is 192 Å². The zero-order chi connectivity index (χ0) is 24.5. The molecule has 0 amide bonds. The van der Waals surface area contributed by atoms with Gasteiger partial charge in [-0.2, -0.15) is 13.2 Å². The number of carbonyl (C=O) groups is 1. The highest BCUT2D eigenvalue weighted by Gasteiger charge is 2.40. The molecule has 0 aromatic carbocycles. The van der Waals surface area contributed by atoms with E-state index in [0.29, 0.717) is 13.1 Å². The first-order valence-electron chi connectivity index (χ1n) is 10.9. The van der Waals surface area contributed by atoms with E-state index in [-0.39, 0.29) is 11.2 Å². The van der Waals surface area contributed by atoms with E-state index in [1.54, 1.807) is 10.5 Å². The van der Waals surface area contributed by atoms with Crippen molar-refractivity contribution in [1.29, 1.82) is 0 Å². The summed E-state index contributed by atoms with van der Waals surface area (Å²) < 4.78 is 64.3. The SMILES string of the molecule is CCCCS(=O)(=O)N1CCC2(CC1)COCCN(Cc1cccnc1)C2.O=C(O)C(F)(F)F. The van der Waals surface area contributed by atoms with Crippen LogP contribution in [0.1, 0.15) is 38.2 Å². The second-order valence-electron chi connectivity index (χ2n) is 8.50. The third-order valence-electron chi connectivity index (χ3n) is 5.82. The number of carboxylic acid groups (broad SMARTS) is 1. The van der Waals surface area contributed by atoms with Crippen molar-refractivity contribution in [3.8, 4) is 0 Å². The first-order chi connectivity index (χ1) is 15.5. The number of carboxylic acids is 1. The summed E-state index contributed by atoms with van der Waals surface area (Å²) >= 11 is 0. The van der Waals surface area contributed by atoms with Gasteiger partial charge in [0.25, 0.3) is 0 Å². The molecule has 2 saturated heterocycles. The molecule has 0 atom stereocenters. The van der Waals surface area contributed by atoms with Crippen LogP contribution >= 0.6 is 0 Å². The minimum Gasteiger partial charge on any atom is -0.475 e. The summed E-state index contributed by atoms with van der Waals surface area (Å²) in [4.78, 5) is 15.5. The second-order valence-corrected chi connectivity index (χ2v) is 10.6. The Kier molecular flexibility index (Phi) is 10.1. The van der Waals surface area contributed by atoms with Crippen LogP contribution in [0.2, 0.25) is 0 Å². The van der Waals surface area contributed by atoms with Crippen LogP contribution in [0.15, 0.2) is 24.5 Å². The molecule has 188 valence electrons. The highest BCUT2D eigenvalue weighted by atomic mass is 32.2. The predicted octanol–water partition coefficient (Wildman–Crippen LogP) is 2.76. The van der Waals surface area contributed by atoms with Crippen LogP contribution < -0.4 is 0 Å². The Balaban J connectivity index is 0.000000479. The first-order valence-corrected chi connectivity index (χ1v) is 12.6. The van der Waals surface area contributed by atoms with E-state index in [1.165, 1.54) is 5.56 Å². The fourth-order valence-corrected chi connectivity index (χ4v) is 5.61. The van der Waals surface area contributed by atoms with Crippen LogP contribution in [0.5, 0.6) is 0 Å². The molecular weight excluding hydrogens is 463 g/mol. The zero-order valence-electron chi connectivity index (χ0n) is 18.8. The normalized spacial score (nSPS) is 20.0. The van der Waals surface area contributed by atoms with Crippen LogP contribution in [0, 0.1) is 5.41 Å². The van der Waals surface area contributed by atoms with Gasteiger partial charge in [-0.3, -0.25) is 9.88 Å². The summed E-state index contributed by atoms with van der Waals surface area (Å²) in [6.07, 6.45) is 2.04. The molecule has 1 spiro atoms. The lowest BCUT2D eigenvalue weighted by Crippen LogP contribution is -2.49. The quantitative estimate of drug-likeness (QED) is 0.648. The van der Waals surface area contributed by atoms with Crippen LogP contribution in [0.25, 0.3) is 0 Å². The average Bonchev–Trinajstić information content (AvgIpc) is 2.95. The maximum atomic E-state index is 12.5. The van der Waals surface area contributed by atoms with Gasteiger partial charge >= 0.3 is 12.1 Å². The molecule has 2 aliphatic heterocycles. The summed E-state index contributed by atoms with van der Waals surface area (Å²) in [5.74, 6) is -2.48. The summed E-state index contributed by atoms with van der Waals surface area (Å²) in [7, 11) is -3.10. The summed E-state index contributed by atoms with van der Waals surface area (Å²) in [5, 5.41) is 7.12. The lowest BCUT2D eigenvalue weighted by atomic mass is 9.79. The number of alkyl halides is 3. The number of aliphatic carboxylic acids is 1. The van der Waals surface area contributed by atoms with Crippen molar-refractivity contribution in [2.75, 3.05) is 45.1 Å². The van der Waals surface area contributed by atoms with Gasteiger partial charge in [0, 0.05) is 50.5 Å². The number of hydrogen-bond donors (Lipinski definition) is 1. The molecule has 0 unspecified atom stereocenters. The number of rotatable bonds is 6. The van der Waals surface area contributed by atoms with E-state index >= 15 is 0 Å². The van der Waals surface area contributed by atoms with Gasteiger partial charge in [-0.15, -0.1) is 0 Å². The van der Waals surface area contributed by atoms with Crippen molar-refractivity contribution >= 4 is 16.0 Å². The maximum Gasteiger partial charge on any atom is 0.490 e. The van der Waals surface area contributed by atoms with Gasteiger partial charge in [-0.05, 0) is 30.9 Å². The van der Waals surface area contributed by atoms with E-state index in [9.17, 15) is 21.6 Å². The fraction of sp³-hybridized carbons (Fsp3) is 0.714. The highest BCUT2D eigenvalue weighted by Crippen LogP contribution is 2.35. The van der Waals surface area contributed by atoms with E-state index in [2.05, 4.69) is 16.0 Å². The molecule has 2 aliphatic rings. The number of sulfonamides is 1. The number of pyridine rings is 1. The Morgan fingerprint density at radius 3 is 2.48 bits per heavy atom. The zero-order valence-corrected chi connectivity index (χ0v) is 19.6. The Hall–Kier alpha value is -1.76. The van der Waals surface area contributed by atoms with Crippen molar-refractivity contribution in [1.82, 2.24) is 14.2 Å². The number of piperidine rings is 1. The number of aromatic nitrogens is 1. The van der Waals surface area contributed by atoms with Crippen molar-refractivity contribution < 1.29 is 36.2 Å². The molecule has 3 rings (SSSR count). The van der Waals surface area contributed by atoms with E-state index in [4.69, 9.17) is 14.6 Å². The minimum absolute atomic E-state index is 0.0650. The van der Waals surface area contributed by atoms with Gasteiger partial charge in [-0.1, -0.05) is 19.4 Å². The molecular formula is C21H32F3N3O5S. The lowest BCUT2D eigenvalue weighted by Gasteiger charge is -2.42. The summed E-state index contributed by atoms with van der Waals surface area (Å²) in [6, 6.07) is 4.08. The third-order valence-corrected chi connectivity index (χ3v) is 7.78. The van der Waals surface area contributed by atoms with Gasteiger partial charge in [-0.25, -0.2) is 17.5 Å². The van der Waals surface area contributed by atoms with Crippen LogP contribution in [0.3, 0.4) is 0 Å². The summed E-state index contributed by atoms with van der Waals surface area (Å²) in [5.41, 5.74) is 1.28. The molecule has 3 heterocycles. The van der Waals surface area contributed by atoms with Gasteiger partial charge in [0.15, 0.2) is 0 Å². The first kappa shape index (κ1) is 27.5. The standard InChI is InChI=1S/C19H31N3O3S.C2HF3O2/c1-2-3-13-26(23,24)22-9-6-19(7-10-22)16-21(11-12-25-17-19)15-18-5-4-8-20-14-18;3-2(4,5)1(6)7/h4-5,8,14H,2-3,6-7,9-13,15-17H2,1H3;(H,6,7). The number of ether oxygens (including phenoxy) is 1. The van der Waals surface area contributed by atoms with E-state index in [1.807, 2.05) is 19.2 Å². The van der Waals surface area contributed by atoms with E-state index in [0.717, 1.165) is 58.5 Å². The van der Waals surface area contributed by atoms with Crippen LogP contribution in [-0.2, 0) is 26.1 Å². The number of hydrogen-bond acceptors (Lipinski definition) is 6. The molecule has 2 fully saturated rings. The van der Waals surface area contributed by atoms with Crippen molar-refractivity contribution in [3.05, 3.63) is 30.1 Å². The molecule has 1 N–H and O–H groups in total. The minimum atomic E-state index is -5.08. The topological polar surface area (TPSA) is 100 Å². The van der Waals surface area contributed by atoms with E-state index < -0.39 is 22.2 Å². The molecule has 0 bridgehead atoms. The lowest BCUT2D eigenvalue weighted by molar-refractivity contribution is -0.192. The molecule has 0 aliphatic carbocycles. The van der Waals surface area contributed by atoms with Crippen molar-refractivity contribution in [2.24, 2.45) is 5.41 Å². The van der Waals surface area contributed by atoms with Gasteiger partial charge in [0.2, 0.25) is 10.0 Å². The van der Waals surface area contributed by atoms with Gasteiger partial charge in [0.1, 0.15) is 0 Å². The van der Waals surface area contributed by atoms with Crippen LogP contribution in [0.4, 0.5) is 13.2 Å². The number of halogens is 3. The Morgan fingerprint density at radius 2 is 1.94 bits per heavy atom. The second kappa shape index (κ2) is 12.1. The van der Waals surface area contributed by atoms with Crippen molar-refractivity contribution in [2.45, 2.75) is 45.3 Å². The van der Waals surface area contributed by atoms with Crippen molar-refractivity contribution in [3.63, 3.8) is 0 Å². The molecule has 33 heavy (non-hydrogen) atoms. The van der Waals surface area contributed by atoms with Gasteiger partial charge in [0.05, 0.1) is 19.0 Å². The number of unbranched alkanes of at least 4 members (excludes halogenated alkanes) is 1. The fourth-order valence-electron chi connectivity index (χ4n) is 3.96. The molecule has 8 nitrogen and oxygen atoms in total. The average molecular weight is 496 g/mol. The third kappa shape index (κ3) is 8.84. The van der Waals surface area contributed by atoms with Crippen LogP contribution in [-0.4, -0.2) is 85.0 Å². The number of nitrogens with zero attached hydrogens (tertiary/aromatic N) is 3. The largest absolute Gasteiger partial charge is 0.490 e. The Bertz CT molecular complexity index is 844. The monoisotopic (exact) mass is 495 g/mol. The highest BCUT2D eigenvalue weighted by molar-refractivity contribution is 7.89. The van der Waals surface area contributed by atoms with Gasteiger partial charge < -0.3 is 9.84 Å². The maximum absolute atomic E-state index is 12.5. The Morgan fingerprint density at radius 1 is 1.27 bits per heavy atom. The molecule has 1 aromatic rings. The molecule has 12 heteroatoms. The smallest absolute Gasteiger partial charge is 0.475 e.